The summed E-state index contributed by atoms with van der Waals surface area (Å²) in [4.78, 5) is 2.41. The molecule has 1 aliphatic rings. The van der Waals surface area contributed by atoms with Crippen LogP contribution in [0.1, 0.15) is 52.4 Å². The van der Waals surface area contributed by atoms with Gasteiger partial charge in [-0.1, -0.05) is 13.3 Å². The van der Waals surface area contributed by atoms with E-state index in [4.69, 9.17) is 17.0 Å². The zero-order valence-electron chi connectivity index (χ0n) is 11.9. The lowest BCUT2D eigenvalue weighted by molar-refractivity contribution is 0.145. The highest BCUT2D eigenvalue weighted by Crippen LogP contribution is 2.20. The highest BCUT2D eigenvalue weighted by Gasteiger charge is 2.23. The summed E-state index contributed by atoms with van der Waals surface area (Å²) in [6.45, 7) is 7.96. The molecule has 1 unspecified atom stereocenters. The van der Waals surface area contributed by atoms with Crippen LogP contribution in [0.25, 0.3) is 0 Å². The molecular formula is C14H28N2OS. The van der Waals surface area contributed by atoms with Crippen LogP contribution in [0.3, 0.4) is 0 Å². The quantitative estimate of drug-likeness (QED) is 0.569. The average molecular weight is 272 g/mol. The van der Waals surface area contributed by atoms with E-state index >= 15 is 0 Å². The largest absolute Gasteiger partial charge is 0.382 e. The van der Waals surface area contributed by atoms with Crippen molar-refractivity contribution in [2.24, 2.45) is 0 Å². The van der Waals surface area contributed by atoms with Crippen LogP contribution in [0.15, 0.2) is 0 Å². The molecule has 1 aliphatic heterocycles. The summed E-state index contributed by atoms with van der Waals surface area (Å²) in [7, 11) is 0. The molecule has 1 heterocycles. The average Bonchev–Trinajstić information content (AvgIpc) is 2.39. The first-order valence-electron chi connectivity index (χ1n) is 7.41. The molecule has 0 radical (unpaired) electrons. The maximum atomic E-state index is 5.52. The van der Waals surface area contributed by atoms with Gasteiger partial charge in [-0.25, -0.2) is 0 Å². The van der Waals surface area contributed by atoms with Crippen molar-refractivity contribution < 1.29 is 4.74 Å². The number of ether oxygens (including phenoxy) is 1. The summed E-state index contributed by atoms with van der Waals surface area (Å²) < 4.78 is 5.32. The van der Waals surface area contributed by atoms with Crippen LogP contribution >= 0.6 is 12.2 Å². The Morgan fingerprint density at radius 1 is 1.39 bits per heavy atom. The third kappa shape index (κ3) is 5.53. The van der Waals surface area contributed by atoms with Crippen molar-refractivity contribution in [3.05, 3.63) is 0 Å². The molecule has 1 fully saturated rings. The van der Waals surface area contributed by atoms with Crippen LogP contribution in [0.5, 0.6) is 0 Å². The van der Waals surface area contributed by atoms with Crippen LogP contribution in [0.4, 0.5) is 0 Å². The number of likely N-dealkylation sites (tertiary alicyclic amines) is 1. The predicted molar refractivity (Wildman–Crippen MR) is 81.0 cm³/mol. The van der Waals surface area contributed by atoms with Gasteiger partial charge in [0.05, 0.1) is 0 Å². The molecule has 0 spiro atoms. The van der Waals surface area contributed by atoms with Gasteiger partial charge in [-0.15, -0.1) is 0 Å². The van der Waals surface area contributed by atoms with Crippen molar-refractivity contribution >= 4 is 17.3 Å². The van der Waals surface area contributed by atoms with E-state index in [0.717, 1.165) is 37.8 Å². The molecule has 0 aromatic heterocycles. The number of thiocarbonyl (C=S) groups is 1. The smallest absolute Gasteiger partial charge is 0.169 e. The first-order valence-corrected chi connectivity index (χ1v) is 7.82. The van der Waals surface area contributed by atoms with Crippen LogP contribution < -0.4 is 5.32 Å². The van der Waals surface area contributed by atoms with E-state index in [9.17, 15) is 0 Å². The Morgan fingerprint density at radius 2 is 2.22 bits per heavy atom. The van der Waals surface area contributed by atoms with Gasteiger partial charge >= 0.3 is 0 Å². The Hall–Kier alpha value is -0.350. The first kappa shape index (κ1) is 15.7. The van der Waals surface area contributed by atoms with E-state index in [1.807, 2.05) is 6.92 Å². The molecule has 1 rings (SSSR count). The van der Waals surface area contributed by atoms with Crippen molar-refractivity contribution in [2.75, 3.05) is 26.3 Å². The Morgan fingerprint density at radius 3 is 2.94 bits per heavy atom. The molecule has 18 heavy (non-hydrogen) atoms. The Labute approximate surface area is 117 Å². The summed E-state index contributed by atoms with van der Waals surface area (Å²) in [5.74, 6) is 0. The van der Waals surface area contributed by atoms with Gasteiger partial charge < -0.3 is 15.0 Å². The summed E-state index contributed by atoms with van der Waals surface area (Å²) in [6.07, 6.45) is 7.47. The molecule has 4 heteroatoms. The third-order valence-electron chi connectivity index (χ3n) is 3.46. The fraction of sp³-hybridized carbons (Fsp3) is 0.929. The standard InChI is InChI=1S/C14H28N2OS/c1-3-8-13-9-5-6-11-16(13)14(18)15-10-7-12-17-4-2/h13H,3-12H2,1-2H3,(H,15,18). The molecule has 0 aromatic carbocycles. The van der Waals surface area contributed by atoms with Crippen LogP contribution in [0.2, 0.25) is 0 Å². The molecule has 3 nitrogen and oxygen atoms in total. The topological polar surface area (TPSA) is 24.5 Å². The van der Waals surface area contributed by atoms with Gasteiger partial charge in [0, 0.05) is 32.3 Å². The first-order chi connectivity index (χ1) is 8.79. The summed E-state index contributed by atoms with van der Waals surface area (Å²) in [5, 5.41) is 4.33. The van der Waals surface area contributed by atoms with Gasteiger partial charge in [-0.05, 0) is 51.2 Å². The van der Waals surface area contributed by atoms with Gasteiger partial charge in [0.2, 0.25) is 0 Å². The van der Waals surface area contributed by atoms with Gasteiger partial charge in [0.25, 0.3) is 0 Å². The summed E-state index contributed by atoms with van der Waals surface area (Å²) >= 11 is 5.52. The van der Waals surface area contributed by atoms with Crippen molar-refractivity contribution in [2.45, 2.75) is 58.4 Å². The number of piperidine rings is 1. The molecule has 0 saturated carbocycles. The molecular weight excluding hydrogens is 244 g/mol. The fourth-order valence-electron chi connectivity index (χ4n) is 2.52. The van der Waals surface area contributed by atoms with E-state index < -0.39 is 0 Å². The molecule has 0 aromatic rings. The van der Waals surface area contributed by atoms with Crippen LogP contribution in [0, 0.1) is 0 Å². The van der Waals surface area contributed by atoms with Gasteiger partial charge in [-0.3, -0.25) is 0 Å². The van der Waals surface area contributed by atoms with Crippen molar-refractivity contribution in [1.29, 1.82) is 0 Å². The fourth-order valence-corrected chi connectivity index (χ4v) is 2.86. The minimum atomic E-state index is 0.663. The second-order valence-corrected chi connectivity index (χ2v) is 5.30. The maximum absolute atomic E-state index is 5.52. The Balaban J connectivity index is 2.25. The Kier molecular flexibility index (Phi) is 8.34. The lowest BCUT2D eigenvalue weighted by Gasteiger charge is -2.37. The second kappa shape index (κ2) is 9.56. The minimum absolute atomic E-state index is 0.663. The van der Waals surface area contributed by atoms with Crippen molar-refractivity contribution in [3.63, 3.8) is 0 Å². The lowest BCUT2D eigenvalue weighted by Crippen LogP contribution is -2.48. The summed E-state index contributed by atoms with van der Waals surface area (Å²) in [5.41, 5.74) is 0. The number of hydrogen-bond donors (Lipinski definition) is 1. The zero-order valence-corrected chi connectivity index (χ0v) is 12.7. The molecule has 1 N–H and O–H groups in total. The molecule has 0 aliphatic carbocycles. The van der Waals surface area contributed by atoms with E-state index in [1.54, 1.807) is 0 Å². The zero-order chi connectivity index (χ0) is 13.2. The van der Waals surface area contributed by atoms with E-state index in [2.05, 4.69) is 17.1 Å². The van der Waals surface area contributed by atoms with Gasteiger partial charge in [-0.2, -0.15) is 0 Å². The van der Waals surface area contributed by atoms with E-state index in [0.29, 0.717) is 6.04 Å². The van der Waals surface area contributed by atoms with Gasteiger partial charge in [0.15, 0.2) is 5.11 Å². The molecule has 1 saturated heterocycles. The second-order valence-electron chi connectivity index (χ2n) is 4.91. The minimum Gasteiger partial charge on any atom is -0.382 e. The number of nitrogens with one attached hydrogen (secondary N) is 1. The summed E-state index contributed by atoms with van der Waals surface area (Å²) in [6, 6.07) is 0.663. The highest BCUT2D eigenvalue weighted by molar-refractivity contribution is 7.80. The number of nitrogens with zero attached hydrogens (tertiary/aromatic N) is 1. The van der Waals surface area contributed by atoms with Crippen molar-refractivity contribution in [1.82, 2.24) is 10.2 Å². The van der Waals surface area contributed by atoms with Crippen molar-refractivity contribution in [3.8, 4) is 0 Å². The lowest BCUT2D eigenvalue weighted by atomic mass is 9.99. The number of rotatable bonds is 7. The van der Waals surface area contributed by atoms with Crippen LogP contribution in [-0.2, 0) is 4.74 Å². The highest BCUT2D eigenvalue weighted by atomic mass is 32.1. The molecule has 1 atom stereocenters. The van der Waals surface area contributed by atoms with E-state index in [-0.39, 0.29) is 0 Å². The predicted octanol–water partition coefficient (Wildman–Crippen LogP) is 2.94. The van der Waals surface area contributed by atoms with Crippen LogP contribution in [-0.4, -0.2) is 42.4 Å². The SMILES string of the molecule is CCCC1CCCCN1C(=S)NCCCOCC. The Bertz CT molecular complexity index is 234. The maximum Gasteiger partial charge on any atom is 0.169 e. The molecule has 0 amide bonds. The van der Waals surface area contributed by atoms with Gasteiger partial charge in [0.1, 0.15) is 0 Å². The number of hydrogen-bond acceptors (Lipinski definition) is 2. The molecule has 0 bridgehead atoms. The monoisotopic (exact) mass is 272 g/mol. The third-order valence-corrected chi connectivity index (χ3v) is 3.83. The molecule has 106 valence electrons. The van der Waals surface area contributed by atoms with E-state index in [1.165, 1.54) is 32.1 Å². The normalized spacial score (nSPS) is 19.9.